The van der Waals surface area contributed by atoms with Crippen molar-refractivity contribution in [1.29, 1.82) is 0 Å². The Labute approximate surface area is 177 Å². The van der Waals surface area contributed by atoms with E-state index >= 15 is 0 Å². The number of nitrogens with zero attached hydrogens (tertiary/aromatic N) is 2. The molecule has 1 fully saturated rings. The summed E-state index contributed by atoms with van der Waals surface area (Å²) in [6.07, 6.45) is 1.81. The van der Waals surface area contributed by atoms with Crippen molar-refractivity contribution in [3.8, 4) is 0 Å². The molecule has 4 N–H and O–H groups in total. The monoisotopic (exact) mass is 436 g/mol. The number of hydrogen-bond donors (Lipinski definition) is 4. The Kier molecular flexibility index (Phi) is 6.41. The lowest BCUT2D eigenvalue weighted by molar-refractivity contribution is -0.166. The van der Waals surface area contributed by atoms with E-state index in [1.165, 1.54) is 18.9 Å². The summed E-state index contributed by atoms with van der Waals surface area (Å²) in [5.74, 6) is -12.7. The Hall–Kier alpha value is -3.47. The summed E-state index contributed by atoms with van der Waals surface area (Å²) in [5.41, 5.74) is -2.66. The van der Waals surface area contributed by atoms with Crippen molar-refractivity contribution in [2.75, 3.05) is 6.54 Å². The summed E-state index contributed by atoms with van der Waals surface area (Å²) >= 11 is 0. The van der Waals surface area contributed by atoms with Crippen LogP contribution in [0.1, 0.15) is 20.3 Å². The molecule has 0 aromatic heterocycles. The predicted molar refractivity (Wildman–Crippen MR) is 104 cm³/mol. The van der Waals surface area contributed by atoms with E-state index in [1.54, 1.807) is 0 Å². The molecule has 11 heteroatoms. The first-order valence-corrected chi connectivity index (χ1v) is 9.40. The fourth-order valence-electron chi connectivity index (χ4n) is 4.66. The molecule has 0 aromatic rings. The Bertz CT molecular complexity index is 886. The summed E-state index contributed by atoms with van der Waals surface area (Å²) in [5, 5.41) is 41.5. The number of carboxylic acids is 4. The first kappa shape index (κ1) is 23.8. The van der Waals surface area contributed by atoms with Gasteiger partial charge in [0.05, 0.1) is 29.0 Å². The topological polar surface area (TPSA) is 173 Å². The minimum atomic E-state index is -2.05. The third kappa shape index (κ3) is 3.30. The van der Waals surface area contributed by atoms with Gasteiger partial charge in [0.2, 0.25) is 5.91 Å². The van der Waals surface area contributed by atoms with Gasteiger partial charge < -0.3 is 20.4 Å². The zero-order valence-corrected chi connectivity index (χ0v) is 17.0. The predicted octanol–water partition coefficient (Wildman–Crippen LogP) is 0.657. The van der Waals surface area contributed by atoms with Gasteiger partial charge in [-0.25, -0.2) is 10.0 Å². The zero-order valence-electron chi connectivity index (χ0n) is 17.0. The lowest BCUT2D eigenvalue weighted by Gasteiger charge is -2.46. The molecule has 2 aliphatic heterocycles. The van der Waals surface area contributed by atoms with Crippen LogP contribution in [0.3, 0.4) is 0 Å². The van der Waals surface area contributed by atoms with E-state index in [0.29, 0.717) is 0 Å². The molecule has 0 radical (unpaired) electrons. The van der Waals surface area contributed by atoms with Crippen LogP contribution < -0.4 is 0 Å². The van der Waals surface area contributed by atoms with Crippen LogP contribution >= 0.6 is 0 Å². The summed E-state index contributed by atoms with van der Waals surface area (Å²) in [6.45, 7) is 9.23. The summed E-state index contributed by atoms with van der Waals surface area (Å²) in [7, 11) is 0. The molecule has 2 heterocycles. The van der Waals surface area contributed by atoms with Crippen LogP contribution in [0, 0.1) is 23.7 Å². The first-order chi connectivity index (χ1) is 14.4. The highest BCUT2D eigenvalue weighted by molar-refractivity contribution is 5.89. The second-order valence-electron chi connectivity index (χ2n) is 7.43. The Morgan fingerprint density at radius 3 is 1.71 bits per heavy atom. The molecular weight excluding hydrogens is 412 g/mol. The van der Waals surface area contributed by atoms with E-state index in [-0.39, 0.29) is 24.2 Å². The van der Waals surface area contributed by atoms with Gasteiger partial charge in [0.15, 0.2) is 0 Å². The van der Waals surface area contributed by atoms with Crippen molar-refractivity contribution < 1.29 is 44.4 Å². The van der Waals surface area contributed by atoms with Crippen LogP contribution in [0.25, 0.3) is 0 Å². The highest BCUT2D eigenvalue weighted by Crippen LogP contribution is 2.54. The van der Waals surface area contributed by atoms with E-state index < -0.39 is 59.0 Å². The smallest absolute Gasteiger partial charge is 0.316 e. The molecule has 4 unspecified atom stereocenters. The van der Waals surface area contributed by atoms with Gasteiger partial charge in [0.25, 0.3) is 0 Å². The number of fused-ring (bicyclic) bond motifs is 1. The van der Waals surface area contributed by atoms with Crippen molar-refractivity contribution in [3.05, 3.63) is 36.6 Å². The second-order valence-corrected chi connectivity index (χ2v) is 7.43. The van der Waals surface area contributed by atoms with E-state index in [0.717, 1.165) is 17.2 Å². The third-order valence-electron chi connectivity index (χ3n) is 6.05. The quantitative estimate of drug-likeness (QED) is 0.356. The molecule has 31 heavy (non-hydrogen) atoms. The average molecular weight is 436 g/mol. The van der Waals surface area contributed by atoms with Gasteiger partial charge in [-0.2, -0.15) is 0 Å². The van der Waals surface area contributed by atoms with E-state index in [9.17, 15) is 44.4 Å². The first-order valence-electron chi connectivity index (χ1n) is 9.40. The van der Waals surface area contributed by atoms with Crippen LogP contribution in [0.5, 0.6) is 0 Å². The fourth-order valence-corrected chi connectivity index (χ4v) is 4.66. The highest BCUT2D eigenvalue weighted by Gasteiger charge is 2.66. The molecule has 0 aliphatic carbocycles. The summed E-state index contributed by atoms with van der Waals surface area (Å²) in [4.78, 5) is 61.2. The molecule has 168 valence electrons. The van der Waals surface area contributed by atoms with Crippen molar-refractivity contribution in [2.24, 2.45) is 23.7 Å². The minimum Gasteiger partial charge on any atom is -0.481 e. The molecule has 0 saturated carbocycles. The van der Waals surface area contributed by atoms with Gasteiger partial charge in [-0.1, -0.05) is 12.2 Å². The van der Waals surface area contributed by atoms with Gasteiger partial charge in [0.1, 0.15) is 5.92 Å². The third-order valence-corrected chi connectivity index (χ3v) is 6.05. The number of rotatable bonds is 10. The van der Waals surface area contributed by atoms with Crippen molar-refractivity contribution in [2.45, 2.75) is 25.8 Å². The lowest BCUT2D eigenvalue weighted by atomic mass is 9.65. The molecule has 11 nitrogen and oxygen atoms in total. The van der Waals surface area contributed by atoms with Crippen LogP contribution in [-0.2, 0) is 24.0 Å². The molecule has 0 spiro atoms. The molecule has 1 amide bonds. The molecule has 2 rings (SSSR count). The van der Waals surface area contributed by atoms with E-state index in [4.69, 9.17) is 0 Å². The van der Waals surface area contributed by atoms with Crippen LogP contribution in [0.4, 0.5) is 0 Å². The number of hydrazine groups is 1. The molecule has 4 atom stereocenters. The number of carbonyl (C=O) groups excluding carboxylic acids is 1. The van der Waals surface area contributed by atoms with Crippen molar-refractivity contribution >= 4 is 29.8 Å². The van der Waals surface area contributed by atoms with Crippen molar-refractivity contribution in [1.82, 2.24) is 10.0 Å². The fraction of sp³-hybridized carbons (Fsp3) is 0.450. The maximum atomic E-state index is 12.8. The maximum absolute atomic E-state index is 12.8. The molecular formula is C20H24N2O9. The van der Waals surface area contributed by atoms with Crippen LogP contribution in [-0.4, -0.2) is 72.3 Å². The van der Waals surface area contributed by atoms with Crippen molar-refractivity contribution in [3.63, 3.8) is 0 Å². The van der Waals surface area contributed by atoms with Gasteiger partial charge >= 0.3 is 23.9 Å². The lowest BCUT2D eigenvalue weighted by Crippen LogP contribution is -2.62. The molecule has 1 saturated heterocycles. The SMILES string of the molecule is C=CC(C(=O)O)C1=C(C(C=C)C(=O)O)C(C(C)C(=O)O)(C(C)C(=O)O)N2CCC(=O)N12. The van der Waals surface area contributed by atoms with Gasteiger partial charge in [-0.05, 0) is 19.4 Å². The second kappa shape index (κ2) is 8.34. The zero-order chi connectivity index (χ0) is 23.8. The minimum absolute atomic E-state index is 0.117. The maximum Gasteiger partial charge on any atom is 0.316 e. The Balaban J connectivity index is 3.14. The number of amides is 1. The number of carbonyl (C=O) groups is 5. The number of aliphatic carboxylic acids is 4. The normalized spacial score (nSPS) is 24.8. The van der Waals surface area contributed by atoms with E-state index in [1.807, 2.05) is 0 Å². The Morgan fingerprint density at radius 2 is 1.35 bits per heavy atom. The standard InChI is InChI=1S/C20H24N2O9/c1-5-11(18(28)29)14-15(12(6-2)19(30)31)22-13(23)7-8-21(22)20(14,9(3)16(24)25)10(4)17(26)27/h5-6,9-12H,1-2,7-8H2,3-4H3,(H,24,25)(H,26,27)(H,28,29)(H,30,31). The van der Waals surface area contributed by atoms with Gasteiger partial charge in [0, 0.05) is 13.0 Å². The van der Waals surface area contributed by atoms with Gasteiger partial charge in [-0.15, -0.1) is 13.2 Å². The van der Waals surface area contributed by atoms with Crippen LogP contribution in [0.15, 0.2) is 36.6 Å². The van der Waals surface area contributed by atoms with Gasteiger partial charge in [-0.3, -0.25) is 24.0 Å². The average Bonchev–Trinajstić information content (AvgIpc) is 3.19. The van der Waals surface area contributed by atoms with Crippen LogP contribution in [0.2, 0.25) is 0 Å². The number of carboxylic acid groups (broad SMARTS) is 4. The molecule has 2 aliphatic rings. The van der Waals surface area contributed by atoms with E-state index in [2.05, 4.69) is 13.2 Å². The largest absolute Gasteiger partial charge is 0.481 e. The molecule has 0 aromatic carbocycles. The highest BCUT2D eigenvalue weighted by atomic mass is 16.4. The molecule has 0 bridgehead atoms. The summed E-state index contributed by atoms with van der Waals surface area (Å²) < 4.78 is 0. The number of hydrogen-bond acceptors (Lipinski definition) is 6. The summed E-state index contributed by atoms with van der Waals surface area (Å²) in [6, 6.07) is 0. The Morgan fingerprint density at radius 1 is 0.903 bits per heavy atom.